The van der Waals surface area contributed by atoms with Gasteiger partial charge < -0.3 is 11.1 Å². The van der Waals surface area contributed by atoms with Gasteiger partial charge in [0, 0.05) is 19.0 Å². The lowest BCUT2D eigenvalue weighted by atomic mass is 10.1. The molecule has 0 radical (unpaired) electrons. The minimum atomic E-state index is -0.846. The van der Waals surface area contributed by atoms with Crippen molar-refractivity contribution in [2.24, 2.45) is 11.7 Å². The van der Waals surface area contributed by atoms with Crippen LogP contribution in [-0.4, -0.2) is 18.5 Å². The van der Waals surface area contributed by atoms with Gasteiger partial charge in [-0.05, 0) is 49.3 Å². The van der Waals surface area contributed by atoms with Crippen molar-refractivity contribution in [2.75, 3.05) is 6.54 Å². The van der Waals surface area contributed by atoms with Crippen LogP contribution in [0.25, 0.3) is 0 Å². The molecule has 6 heteroatoms. The average Bonchev–Trinajstić information content (AvgIpc) is 3.24. The summed E-state index contributed by atoms with van der Waals surface area (Å²) in [4.78, 5) is 11.8. The maximum Gasteiger partial charge on any atom is 0.220 e. The molecule has 0 spiro atoms. The first-order valence-electron chi connectivity index (χ1n) is 7.03. The van der Waals surface area contributed by atoms with Gasteiger partial charge in [0.25, 0.3) is 0 Å². The van der Waals surface area contributed by atoms with Gasteiger partial charge in [-0.2, -0.15) is 0 Å². The van der Waals surface area contributed by atoms with Crippen LogP contribution in [0.2, 0.25) is 0 Å². The summed E-state index contributed by atoms with van der Waals surface area (Å²) in [5, 5.41) is 2.94. The van der Waals surface area contributed by atoms with E-state index in [2.05, 4.69) is 5.32 Å². The highest BCUT2D eigenvalue weighted by Crippen LogP contribution is 2.32. The molecule has 1 aromatic carbocycles. The number of halogens is 3. The van der Waals surface area contributed by atoms with Crippen LogP contribution in [0.1, 0.15) is 31.2 Å². The molecule has 1 aromatic rings. The lowest BCUT2D eigenvalue weighted by Crippen LogP contribution is -2.41. The van der Waals surface area contributed by atoms with E-state index < -0.39 is 11.6 Å². The Morgan fingerprint density at radius 3 is 2.62 bits per heavy atom. The van der Waals surface area contributed by atoms with Crippen LogP contribution in [0, 0.1) is 17.6 Å². The van der Waals surface area contributed by atoms with Crippen LogP contribution in [0.5, 0.6) is 0 Å². The van der Waals surface area contributed by atoms with Gasteiger partial charge in [-0.15, -0.1) is 12.4 Å². The standard InChI is InChI=1S/C15H20F2N2O.ClH/c16-12-7-4-10(8-13(12)17)2-1-3-15(20)19-14(9-18)11-5-6-11;/h4,7-8,11,14H,1-3,5-6,9,18H2,(H,19,20);1H. The van der Waals surface area contributed by atoms with Gasteiger partial charge in [0.1, 0.15) is 0 Å². The maximum atomic E-state index is 13.0. The van der Waals surface area contributed by atoms with Crippen molar-refractivity contribution in [1.82, 2.24) is 5.32 Å². The van der Waals surface area contributed by atoms with Crippen molar-refractivity contribution in [3.05, 3.63) is 35.4 Å². The second-order valence-corrected chi connectivity index (χ2v) is 5.35. The minimum Gasteiger partial charge on any atom is -0.352 e. The summed E-state index contributed by atoms with van der Waals surface area (Å²) in [6.45, 7) is 0.472. The number of nitrogens with two attached hydrogens (primary N) is 1. The summed E-state index contributed by atoms with van der Waals surface area (Å²) < 4.78 is 25.8. The van der Waals surface area contributed by atoms with E-state index in [9.17, 15) is 13.6 Å². The minimum absolute atomic E-state index is 0. The van der Waals surface area contributed by atoms with Crippen LogP contribution >= 0.6 is 12.4 Å². The smallest absolute Gasteiger partial charge is 0.220 e. The Bertz CT molecular complexity index is 481. The van der Waals surface area contributed by atoms with E-state index in [0.29, 0.717) is 37.3 Å². The molecule has 0 heterocycles. The summed E-state index contributed by atoms with van der Waals surface area (Å²) >= 11 is 0. The molecule has 1 aliphatic rings. The van der Waals surface area contributed by atoms with Gasteiger partial charge in [-0.3, -0.25) is 4.79 Å². The number of rotatable bonds is 7. The molecular formula is C15H21ClF2N2O. The maximum absolute atomic E-state index is 13.0. The first-order valence-corrected chi connectivity index (χ1v) is 7.03. The molecule has 1 aliphatic carbocycles. The van der Waals surface area contributed by atoms with E-state index in [1.165, 1.54) is 6.07 Å². The Labute approximate surface area is 129 Å². The average molecular weight is 319 g/mol. The van der Waals surface area contributed by atoms with Crippen LogP contribution in [-0.2, 0) is 11.2 Å². The third-order valence-electron chi connectivity index (χ3n) is 3.64. The highest BCUT2D eigenvalue weighted by Gasteiger charge is 2.30. The summed E-state index contributed by atoms with van der Waals surface area (Å²) in [5.41, 5.74) is 6.32. The quantitative estimate of drug-likeness (QED) is 0.812. The van der Waals surface area contributed by atoms with Gasteiger partial charge in [0.15, 0.2) is 11.6 Å². The van der Waals surface area contributed by atoms with Crippen molar-refractivity contribution in [1.29, 1.82) is 0 Å². The number of hydrogen-bond donors (Lipinski definition) is 2. The summed E-state index contributed by atoms with van der Waals surface area (Å²) in [6.07, 6.45) is 3.82. The van der Waals surface area contributed by atoms with E-state index in [0.717, 1.165) is 18.9 Å². The van der Waals surface area contributed by atoms with E-state index in [4.69, 9.17) is 5.73 Å². The predicted octanol–water partition coefficient (Wildman–Crippen LogP) is 2.56. The fourth-order valence-electron chi connectivity index (χ4n) is 2.29. The van der Waals surface area contributed by atoms with Crippen LogP contribution in [0.4, 0.5) is 8.78 Å². The molecule has 1 fully saturated rings. The zero-order valence-electron chi connectivity index (χ0n) is 11.8. The molecule has 0 aliphatic heterocycles. The Morgan fingerprint density at radius 2 is 2.05 bits per heavy atom. The first-order chi connectivity index (χ1) is 9.60. The fourth-order valence-corrected chi connectivity index (χ4v) is 2.29. The van der Waals surface area contributed by atoms with E-state index in [1.54, 1.807) is 6.07 Å². The highest BCUT2D eigenvalue weighted by molar-refractivity contribution is 5.85. The van der Waals surface area contributed by atoms with Gasteiger partial charge in [-0.25, -0.2) is 8.78 Å². The molecule has 1 atom stereocenters. The third kappa shape index (κ3) is 5.59. The summed E-state index contributed by atoms with van der Waals surface area (Å²) in [5.74, 6) is -1.17. The first kappa shape index (κ1) is 17.9. The Hall–Kier alpha value is -1.20. The molecule has 1 saturated carbocycles. The summed E-state index contributed by atoms with van der Waals surface area (Å²) in [6, 6.07) is 3.93. The van der Waals surface area contributed by atoms with Crippen molar-refractivity contribution < 1.29 is 13.6 Å². The normalized spacial score (nSPS) is 15.2. The van der Waals surface area contributed by atoms with Gasteiger partial charge in [-0.1, -0.05) is 6.07 Å². The van der Waals surface area contributed by atoms with Crippen LogP contribution < -0.4 is 11.1 Å². The molecular weight excluding hydrogens is 298 g/mol. The van der Waals surface area contributed by atoms with Crippen molar-refractivity contribution in [3.8, 4) is 0 Å². The molecule has 0 aromatic heterocycles. The lowest BCUT2D eigenvalue weighted by Gasteiger charge is -2.15. The molecule has 3 N–H and O–H groups in total. The second kappa shape index (κ2) is 8.29. The van der Waals surface area contributed by atoms with Gasteiger partial charge >= 0.3 is 0 Å². The van der Waals surface area contributed by atoms with Crippen molar-refractivity contribution >= 4 is 18.3 Å². The predicted molar refractivity (Wildman–Crippen MR) is 80.3 cm³/mol. The van der Waals surface area contributed by atoms with Crippen molar-refractivity contribution in [2.45, 2.75) is 38.1 Å². The number of amides is 1. The Morgan fingerprint density at radius 1 is 1.33 bits per heavy atom. The van der Waals surface area contributed by atoms with Crippen LogP contribution in [0.3, 0.4) is 0 Å². The Kier molecular flexibility index (Phi) is 7.05. The van der Waals surface area contributed by atoms with E-state index in [-0.39, 0.29) is 24.4 Å². The number of benzene rings is 1. The fraction of sp³-hybridized carbons (Fsp3) is 0.533. The van der Waals surface area contributed by atoms with Crippen LogP contribution in [0.15, 0.2) is 18.2 Å². The molecule has 118 valence electrons. The number of carbonyl (C=O) groups is 1. The molecule has 0 bridgehead atoms. The molecule has 1 amide bonds. The van der Waals surface area contributed by atoms with E-state index in [1.807, 2.05) is 0 Å². The van der Waals surface area contributed by atoms with Gasteiger partial charge in [0.05, 0.1) is 0 Å². The second-order valence-electron chi connectivity index (χ2n) is 5.35. The lowest BCUT2D eigenvalue weighted by molar-refractivity contribution is -0.122. The zero-order chi connectivity index (χ0) is 14.5. The molecule has 21 heavy (non-hydrogen) atoms. The van der Waals surface area contributed by atoms with E-state index >= 15 is 0 Å². The Balaban J connectivity index is 0.00000220. The number of hydrogen-bond acceptors (Lipinski definition) is 2. The molecule has 3 nitrogen and oxygen atoms in total. The monoisotopic (exact) mass is 318 g/mol. The molecule has 0 saturated heterocycles. The topological polar surface area (TPSA) is 55.1 Å². The zero-order valence-corrected chi connectivity index (χ0v) is 12.6. The number of aryl methyl sites for hydroxylation is 1. The number of carbonyl (C=O) groups excluding carboxylic acids is 1. The highest BCUT2D eigenvalue weighted by atomic mass is 35.5. The number of nitrogens with one attached hydrogen (secondary N) is 1. The van der Waals surface area contributed by atoms with Crippen molar-refractivity contribution in [3.63, 3.8) is 0 Å². The van der Waals surface area contributed by atoms with Gasteiger partial charge in [0.2, 0.25) is 5.91 Å². The SMILES string of the molecule is Cl.NCC(NC(=O)CCCc1ccc(F)c(F)c1)C1CC1. The molecule has 1 unspecified atom stereocenters. The largest absolute Gasteiger partial charge is 0.352 e. The summed E-state index contributed by atoms with van der Waals surface area (Å²) in [7, 11) is 0. The molecule has 2 rings (SSSR count). The third-order valence-corrected chi connectivity index (χ3v) is 3.64.